The van der Waals surface area contributed by atoms with E-state index in [1.54, 1.807) is 16.7 Å². The molecule has 2 bridgehead atoms. The summed E-state index contributed by atoms with van der Waals surface area (Å²) >= 11 is 0. The van der Waals surface area contributed by atoms with Crippen LogP contribution in [0.2, 0.25) is 0 Å². The van der Waals surface area contributed by atoms with Gasteiger partial charge in [-0.3, -0.25) is 9.20 Å². The first-order valence-corrected chi connectivity index (χ1v) is 8.83. The number of hydrogen-bond acceptors (Lipinski definition) is 3. The number of pyridine rings is 1. The second kappa shape index (κ2) is 5.75. The van der Waals surface area contributed by atoms with E-state index < -0.39 is 0 Å². The van der Waals surface area contributed by atoms with E-state index in [0.717, 1.165) is 34.7 Å². The molecule has 4 atom stereocenters. The minimum Gasteiger partial charge on any atom is -0.308 e. The van der Waals surface area contributed by atoms with E-state index in [2.05, 4.69) is 17.2 Å². The van der Waals surface area contributed by atoms with Crippen molar-refractivity contribution < 1.29 is 0 Å². The van der Waals surface area contributed by atoms with E-state index in [9.17, 15) is 4.79 Å². The van der Waals surface area contributed by atoms with Gasteiger partial charge in [0.2, 0.25) is 0 Å². The molecule has 2 fully saturated rings. The highest BCUT2D eigenvalue weighted by Gasteiger charge is 2.41. The van der Waals surface area contributed by atoms with Gasteiger partial charge in [0.15, 0.2) is 0 Å². The first-order chi connectivity index (χ1) is 11.1. The highest BCUT2D eigenvalue weighted by molar-refractivity contribution is 5.46. The van der Waals surface area contributed by atoms with E-state index in [0.29, 0.717) is 12.6 Å². The SMILES string of the molecule is Cc1cccn2c(=O)cc(CN[C@@H](C)[C@H]3C[C@H]4CC[C@H]3C4)nc12. The summed E-state index contributed by atoms with van der Waals surface area (Å²) in [5.41, 5.74) is 2.65. The molecule has 0 saturated heterocycles. The third-order valence-electron chi connectivity index (χ3n) is 5.98. The fourth-order valence-electron chi connectivity index (χ4n) is 4.72. The number of hydrogen-bond donors (Lipinski definition) is 1. The van der Waals surface area contributed by atoms with Crippen LogP contribution in [0.1, 0.15) is 43.9 Å². The zero-order chi connectivity index (χ0) is 16.0. The Morgan fingerprint density at radius 1 is 1.39 bits per heavy atom. The quantitative estimate of drug-likeness (QED) is 0.944. The first kappa shape index (κ1) is 14.9. The standard InChI is InChI=1S/C19H25N3O/c1-12-4-3-7-22-18(23)10-16(21-19(12)22)11-20-13(2)17-9-14-5-6-15(17)8-14/h3-4,7,10,13-15,17,20H,5-6,8-9,11H2,1-2H3/t13-,14-,15-,17+/m0/s1. The summed E-state index contributed by atoms with van der Waals surface area (Å²) in [6, 6.07) is 6.05. The summed E-state index contributed by atoms with van der Waals surface area (Å²) in [5.74, 6) is 2.69. The van der Waals surface area contributed by atoms with Crippen LogP contribution in [0.4, 0.5) is 0 Å². The van der Waals surface area contributed by atoms with E-state index in [1.165, 1.54) is 25.7 Å². The Hall–Kier alpha value is -1.68. The molecule has 122 valence electrons. The molecular formula is C19H25N3O. The van der Waals surface area contributed by atoms with Crippen molar-refractivity contribution in [2.75, 3.05) is 0 Å². The molecule has 2 saturated carbocycles. The summed E-state index contributed by atoms with van der Waals surface area (Å²) < 4.78 is 1.62. The van der Waals surface area contributed by atoms with Crippen molar-refractivity contribution in [3.63, 3.8) is 0 Å². The van der Waals surface area contributed by atoms with E-state index >= 15 is 0 Å². The Kier molecular flexibility index (Phi) is 3.72. The number of nitrogens with one attached hydrogen (secondary N) is 1. The minimum absolute atomic E-state index is 0.00285. The number of aromatic nitrogens is 2. The lowest BCUT2D eigenvalue weighted by Gasteiger charge is -2.28. The predicted molar refractivity (Wildman–Crippen MR) is 91.4 cm³/mol. The summed E-state index contributed by atoms with van der Waals surface area (Å²) in [4.78, 5) is 16.9. The molecule has 4 nitrogen and oxygen atoms in total. The molecule has 4 heteroatoms. The number of rotatable bonds is 4. The molecule has 0 aliphatic heterocycles. The van der Waals surface area contributed by atoms with Gasteiger partial charge >= 0.3 is 0 Å². The predicted octanol–water partition coefficient (Wildman–Crippen LogP) is 2.92. The zero-order valence-corrected chi connectivity index (χ0v) is 14.0. The molecule has 1 N–H and O–H groups in total. The molecule has 0 amide bonds. The maximum atomic E-state index is 12.3. The molecule has 2 aliphatic rings. The van der Waals surface area contributed by atoms with Gasteiger partial charge in [0, 0.05) is 24.8 Å². The van der Waals surface area contributed by atoms with Gasteiger partial charge in [0.1, 0.15) is 5.65 Å². The van der Waals surface area contributed by atoms with Crippen LogP contribution in [-0.4, -0.2) is 15.4 Å². The summed E-state index contributed by atoms with van der Waals surface area (Å²) in [7, 11) is 0. The van der Waals surface area contributed by atoms with Crippen molar-refractivity contribution in [1.82, 2.24) is 14.7 Å². The van der Waals surface area contributed by atoms with E-state index in [-0.39, 0.29) is 5.56 Å². The van der Waals surface area contributed by atoms with Crippen LogP contribution in [-0.2, 0) is 6.54 Å². The third kappa shape index (κ3) is 2.69. The molecule has 4 rings (SSSR count). The van der Waals surface area contributed by atoms with Gasteiger partial charge in [-0.1, -0.05) is 12.5 Å². The van der Waals surface area contributed by atoms with Gasteiger partial charge in [-0.05, 0) is 62.5 Å². The van der Waals surface area contributed by atoms with Crippen LogP contribution >= 0.6 is 0 Å². The minimum atomic E-state index is 0.00285. The summed E-state index contributed by atoms with van der Waals surface area (Å²) in [5, 5.41) is 3.63. The van der Waals surface area contributed by atoms with Crippen LogP contribution in [0.5, 0.6) is 0 Å². The second-order valence-corrected chi connectivity index (χ2v) is 7.48. The topological polar surface area (TPSA) is 46.4 Å². The number of nitrogens with zero attached hydrogens (tertiary/aromatic N) is 2. The molecule has 23 heavy (non-hydrogen) atoms. The molecule has 0 radical (unpaired) electrons. The zero-order valence-electron chi connectivity index (χ0n) is 14.0. The fourth-order valence-corrected chi connectivity index (χ4v) is 4.72. The molecule has 0 aromatic carbocycles. The van der Waals surface area contributed by atoms with Gasteiger partial charge in [-0.2, -0.15) is 0 Å². The fraction of sp³-hybridized carbons (Fsp3) is 0.579. The Bertz CT molecular complexity index is 782. The monoisotopic (exact) mass is 311 g/mol. The van der Waals surface area contributed by atoms with Crippen molar-refractivity contribution in [2.45, 2.75) is 52.1 Å². The van der Waals surface area contributed by atoms with Crippen molar-refractivity contribution >= 4 is 5.65 Å². The van der Waals surface area contributed by atoms with Crippen molar-refractivity contribution in [3.8, 4) is 0 Å². The van der Waals surface area contributed by atoms with Crippen LogP contribution in [0.25, 0.3) is 5.65 Å². The van der Waals surface area contributed by atoms with Crippen LogP contribution in [0.15, 0.2) is 29.2 Å². The van der Waals surface area contributed by atoms with Gasteiger partial charge in [0.25, 0.3) is 5.56 Å². The largest absolute Gasteiger partial charge is 0.308 e. The summed E-state index contributed by atoms with van der Waals surface area (Å²) in [6.45, 7) is 4.97. The normalized spacial score (nSPS) is 27.7. The van der Waals surface area contributed by atoms with Crippen LogP contribution in [0.3, 0.4) is 0 Å². The van der Waals surface area contributed by atoms with Crippen molar-refractivity contribution in [3.05, 3.63) is 46.0 Å². The van der Waals surface area contributed by atoms with Crippen LogP contribution < -0.4 is 10.9 Å². The molecule has 0 spiro atoms. The van der Waals surface area contributed by atoms with Gasteiger partial charge in [-0.15, -0.1) is 0 Å². The Morgan fingerprint density at radius 2 is 2.26 bits per heavy atom. The van der Waals surface area contributed by atoms with E-state index in [1.807, 2.05) is 19.1 Å². The maximum absolute atomic E-state index is 12.3. The van der Waals surface area contributed by atoms with Gasteiger partial charge in [-0.25, -0.2) is 4.98 Å². The summed E-state index contributed by atoms with van der Waals surface area (Å²) in [6.07, 6.45) is 7.45. The Morgan fingerprint density at radius 3 is 3.00 bits per heavy atom. The molecular weight excluding hydrogens is 286 g/mol. The Labute approximate surface area is 136 Å². The average Bonchev–Trinajstić information content (AvgIpc) is 3.17. The smallest absolute Gasteiger partial charge is 0.258 e. The lowest BCUT2D eigenvalue weighted by Crippen LogP contribution is -2.36. The molecule has 2 aliphatic carbocycles. The maximum Gasteiger partial charge on any atom is 0.258 e. The van der Waals surface area contributed by atoms with E-state index in [4.69, 9.17) is 0 Å². The third-order valence-corrected chi connectivity index (χ3v) is 5.98. The van der Waals surface area contributed by atoms with Gasteiger partial charge in [0.05, 0.1) is 5.69 Å². The average molecular weight is 311 g/mol. The first-order valence-electron chi connectivity index (χ1n) is 8.83. The molecule has 2 heterocycles. The second-order valence-electron chi connectivity index (χ2n) is 7.48. The molecule has 2 aromatic heterocycles. The van der Waals surface area contributed by atoms with Crippen molar-refractivity contribution in [2.24, 2.45) is 17.8 Å². The van der Waals surface area contributed by atoms with Gasteiger partial charge < -0.3 is 5.32 Å². The molecule has 0 unspecified atom stereocenters. The molecule has 2 aromatic rings. The lowest BCUT2D eigenvalue weighted by molar-refractivity contribution is 0.259. The number of aryl methyl sites for hydroxylation is 1. The van der Waals surface area contributed by atoms with Crippen LogP contribution in [0, 0.1) is 24.7 Å². The lowest BCUT2D eigenvalue weighted by atomic mass is 9.84. The Balaban J connectivity index is 1.50. The highest BCUT2D eigenvalue weighted by atomic mass is 16.1. The van der Waals surface area contributed by atoms with Crippen molar-refractivity contribution in [1.29, 1.82) is 0 Å². The highest BCUT2D eigenvalue weighted by Crippen LogP contribution is 2.49. The number of fused-ring (bicyclic) bond motifs is 3.